The van der Waals surface area contributed by atoms with E-state index in [4.69, 9.17) is 0 Å². The van der Waals surface area contributed by atoms with Crippen LogP contribution in [0.4, 0.5) is 10.1 Å². The lowest BCUT2D eigenvalue weighted by atomic mass is 10.1. The van der Waals surface area contributed by atoms with Crippen molar-refractivity contribution in [3.05, 3.63) is 74.8 Å². The van der Waals surface area contributed by atoms with Crippen molar-refractivity contribution in [2.45, 2.75) is 20.4 Å². The van der Waals surface area contributed by atoms with Crippen LogP contribution in [0.2, 0.25) is 0 Å². The number of nitro groups is 1. The van der Waals surface area contributed by atoms with Crippen molar-refractivity contribution >= 4 is 22.6 Å². The third-order valence-electron chi connectivity index (χ3n) is 3.99. The Hall–Kier alpha value is -3.42. The Bertz CT molecular complexity index is 1020. The molecule has 0 aliphatic heterocycles. The zero-order valence-electron chi connectivity index (χ0n) is 14.1. The van der Waals surface area contributed by atoms with Crippen molar-refractivity contribution in [3.8, 4) is 0 Å². The van der Waals surface area contributed by atoms with Crippen LogP contribution in [-0.2, 0) is 6.54 Å². The molecule has 132 valence electrons. The number of aromatic nitrogens is 2. The van der Waals surface area contributed by atoms with E-state index >= 15 is 0 Å². The first kappa shape index (κ1) is 17.4. The van der Waals surface area contributed by atoms with E-state index in [2.05, 4.69) is 15.3 Å². The summed E-state index contributed by atoms with van der Waals surface area (Å²) in [6.07, 6.45) is 0. The smallest absolute Gasteiger partial charge is 0.269 e. The van der Waals surface area contributed by atoms with Crippen LogP contribution in [0, 0.1) is 29.8 Å². The highest BCUT2D eigenvalue weighted by molar-refractivity contribution is 6.04. The van der Waals surface area contributed by atoms with Gasteiger partial charge in [0.2, 0.25) is 0 Å². The molecule has 3 aromatic rings. The van der Waals surface area contributed by atoms with E-state index in [1.807, 2.05) is 0 Å². The molecule has 7 nitrogen and oxygen atoms in total. The number of nitrogens with one attached hydrogen (secondary N) is 1. The summed E-state index contributed by atoms with van der Waals surface area (Å²) in [6.45, 7) is 3.68. The lowest BCUT2D eigenvalue weighted by Gasteiger charge is -2.09. The molecule has 8 heteroatoms. The number of nitro benzene ring substituents is 1. The first-order chi connectivity index (χ1) is 12.3. The normalized spacial score (nSPS) is 10.7. The number of amides is 1. The van der Waals surface area contributed by atoms with Gasteiger partial charge in [-0.15, -0.1) is 0 Å². The number of non-ortho nitro benzene ring substituents is 1. The summed E-state index contributed by atoms with van der Waals surface area (Å²) in [5, 5.41) is 13.3. The summed E-state index contributed by atoms with van der Waals surface area (Å²) in [7, 11) is 0. The number of aryl methyl sites for hydroxylation is 2. The Labute approximate surface area is 148 Å². The van der Waals surface area contributed by atoms with E-state index in [-0.39, 0.29) is 17.8 Å². The molecule has 1 heterocycles. The monoisotopic (exact) mass is 354 g/mol. The SMILES string of the molecule is Cc1nc2cc(F)cc(C(=O)NCc3ccc([N+](=O)[O-])cc3)c2nc1C. The van der Waals surface area contributed by atoms with E-state index in [9.17, 15) is 19.3 Å². The molecule has 0 unspecified atom stereocenters. The van der Waals surface area contributed by atoms with Gasteiger partial charge in [0.1, 0.15) is 11.3 Å². The second-order valence-electron chi connectivity index (χ2n) is 5.82. The third kappa shape index (κ3) is 3.49. The molecule has 1 aromatic heterocycles. The maximum atomic E-state index is 13.9. The van der Waals surface area contributed by atoms with Crippen molar-refractivity contribution in [2.75, 3.05) is 0 Å². The average molecular weight is 354 g/mol. The van der Waals surface area contributed by atoms with Crippen molar-refractivity contribution in [1.29, 1.82) is 0 Å². The van der Waals surface area contributed by atoms with Crippen LogP contribution >= 0.6 is 0 Å². The lowest BCUT2D eigenvalue weighted by molar-refractivity contribution is -0.384. The van der Waals surface area contributed by atoms with E-state index in [1.54, 1.807) is 26.0 Å². The Morgan fingerprint density at radius 1 is 1.15 bits per heavy atom. The Kier molecular flexibility index (Phi) is 4.57. The molecule has 2 aromatic carbocycles. The molecule has 0 atom stereocenters. The molecule has 0 saturated carbocycles. The zero-order valence-corrected chi connectivity index (χ0v) is 14.1. The fourth-order valence-electron chi connectivity index (χ4n) is 2.48. The number of benzene rings is 2. The van der Waals surface area contributed by atoms with E-state index in [1.165, 1.54) is 18.2 Å². The first-order valence-electron chi connectivity index (χ1n) is 7.81. The lowest BCUT2D eigenvalue weighted by Crippen LogP contribution is -2.23. The maximum absolute atomic E-state index is 13.9. The van der Waals surface area contributed by atoms with Crippen LogP contribution < -0.4 is 5.32 Å². The molecule has 0 spiro atoms. The summed E-state index contributed by atoms with van der Waals surface area (Å²) in [6, 6.07) is 8.18. The standard InChI is InChI=1S/C18H15FN4O3/c1-10-11(2)22-17-15(7-13(19)8-16(17)21-10)18(24)20-9-12-3-5-14(6-4-12)23(25)26/h3-8H,9H2,1-2H3,(H,20,24). The minimum absolute atomic E-state index is 0.0303. The minimum Gasteiger partial charge on any atom is -0.348 e. The van der Waals surface area contributed by atoms with Gasteiger partial charge in [-0.05, 0) is 25.5 Å². The van der Waals surface area contributed by atoms with Gasteiger partial charge in [0, 0.05) is 24.7 Å². The summed E-state index contributed by atoms with van der Waals surface area (Å²) in [4.78, 5) is 31.3. The van der Waals surface area contributed by atoms with Crippen LogP contribution in [0.25, 0.3) is 11.0 Å². The van der Waals surface area contributed by atoms with Gasteiger partial charge in [0.05, 0.1) is 27.4 Å². The van der Waals surface area contributed by atoms with E-state index in [0.29, 0.717) is 28.0 Å². The summed E-state index contributed by atoms with van der Waals surface area (Å²) in [5.74, 6) is -1.07. The van der Waals surface area contributed by atoms with Crippen LogP contribution in [-0.4, -0.2) is 20.8 Å². The van der Waals surface area contributed by atoms with Gasteiger partial charge in [0.15, 0.2) is 0 Å². The summed E-state index contributed by atoms with van der Waals surface area (Å²) >= 11 is 0. The highest BCUT2D eigenvalue weighted by Gasteiger charge is 2.15. The summed E-state index contributed by atoms with van der Waals surface area (Å²) < 4.78 is 13.9. The fourth-order valence-corrected chi connectivity index (χ4v) is 2.48. The molecule has 1 amide bonds. The van der Waals surface area contributed by atoms with Gasteiger partial charge >= 0.3 is 0 Å². The van der Waals surface area contributed by atoms with Gasteiger partial charge in [0.25, 0.3) is 11.6 Å². The number of halogens is 1. The van der Waals surface area contributed by atoms with Gasteiger partial charge in [-0.2, -0.15) is 0 Å². The molecular weight excluding hydrogens is 339 g/mol. The fraction of sp³-hybridized carbons (Fsp3) is 0.167. The average Bonchev–Trinajstić information content (AvgIpc) is 2.60. The van der Waals surface area contributed by atoms with Crippen molar-refractivity contribution < 1.29 is 14.1 Å². The Morgan fingerprint density at radius 3 is 2.46 bits per heavy atom. The van der Waals surface area contributed by atoms with Crippen LogP contribution in [0.1, 0.15) is 27.3 Å². The topological polar surface area (TPSA) is 98.0 Å². The van der Waals surface area contributed by atoms with Gasteiger partial charge in [-0.3, -0.25) is 14.9 Å². The molecule has 0 bridgehead atoms. The van der Waals surface area contributed by atoms with Gasteiger partial charge in [-0.1, -0.05) is 12.1 Å². The van der Waals surface area contributed by atoms with E-state index < -0.39 is 16.6 Å². The van der Waals surface area contributed by atoms with Crippen molar-refractivity contribution in [1.82, 2.24) is 15.3 Å². The highest BCUT2D eigenvalue weighted by Crippen LogP contribution is 2.19. The highest BCUT2D eigenvalue weighted by atomic mass is 19.1. The van der Waals surface area contributed by atoms with Crippen LogP contribution in [0.3, 0.4) is 0 Å². The molecule has 0 radical (unpaired) electrons. The molecule has 3 rings (SSSR count). The number of hydrogen-bond donors (Lipinski definition) is 1. The molecule has 0 aliphatic rings. The Balaban J connectivity index is 1.85. The van der Waals surface area contributed by atoms with Crippen LogP contribution in [0.5, 0.6) is 0 Å². The predicted octanol–water partition coefficient (Wildman–Crippen LogP) is 3.22. The van der Waals surface area contributed by atoms with Crippen molar-refractivity contribution in [2.24, 2.45) is 0 Å². The molecule has 0 aliphatic carbocycles. The first-order valence-corrected chi connectivity index (χ1v) is 7.81. The third-order valence-corrected chi connectivity index (χ3v) is 3.99. The van der Waals surface area contributed by atoms with Gasteiger partial charge in [-0.25, -0.2) is 14.4 Å². The number of rotatable bonds is 4. The zero-order chi connectivity index (χ0) is 18.8. The summed E-state index contributed by atoms with van der Waals surface area (Å²) in [5.41, 5.74) is 2.72. The number of hydrogen-bond acceptors (Lipinski definition) is 5. The van der Waals surface area contributed by atoms with E-state index in [0.717, 1.165) is 6.07 Å². The minimum atomic E-state index is -0.574. The van der Waals surface area contributed by atoms with Gasteiger partial charge < -0.3 is 5.32 Å². The largest absolute Gasteiger partial charge is 0.348 e. The molecule has 0 saturated heterocycles. The number of nitrogens with zero attached hydrogens (tertiary/aromatic N) is 3. The second-order valence-corrected chi connectivity index (χ2v) is 5.82. The predicted molar refractivity (Wildman–Crippen MR) is 93.2 cm³/mol. The molecule has 26 heavy (non-hydrogen) atoms. The molecule has 0 fully saturated rings. The number of carbonyl (C=O) groups is 1. The maximum Gasteiger partial charge on any atom is 0.269 e. The van der Waals surface area contributed by atoms with Crippen LogP contribution in [0.15, 0.2) is 36.4 Å². The number of fused-ring (bicyclic) bond motifs is 1. The second kappa shape index (κ2) is 6.83. The Morgan fingerprint density at radius 2 is 1.81 bits per heavy atom. The van der Waals surface area contributed by atoms with Crippen molar-refractivity contribution in [3.63, 3.8) is 0 Å². The molecular formula is C18H15FN4O3. The number of carbonyl (C=O) groups excluding carboxylic acids is 1. The molecule has 1 N–H and O–H groups in total. The quantitative estimate of drug-likeness (QED) is 0.573.